The molecule has 0 atom stereocenters. The average Bonchev–Trinajstić information content (AvgIpc) is 3.17. The molecule has 1 saturated heterocycles. The number of rotatable bonds is 5. The van der Waals surface area contributed by atoms with Crippen molar-refractivity contribution in [2.45, 2.75) is 31.2 Å². The van der Waals surface area contributed by atoms with E-state index in [0.29, 0.717) is 35.8 Å². The van der Waals surface area contributed by atoms with Crippen LogP contribution in [0.2, 0.25) is 0 Å². The molecule has 0 aliphatic carbocycles. The Labute approximate surface area is 166 Å². The highest BCUT2D eigenvalue weighted by molar-refractivity contribution is 7.89. The summed E-state index contributed by atoms with van der Waals surface area (Å²) in [5.41, 5.74) is 8.50. The molecule has 8 heteroatoms. The summed E-state index contributed by atoms with van der Waals surface area (Å²) in [5, 5.41) is 2.84. The number of amides is 1. The van der Waals surface area contributed by atoms with Gasteiger partial charge in [-0.25, -0.2) is 8.42 Å². The molecule has 1 aliphatic heterocycles. The number of nitrogens with two attached hydrogens (primary N) is 1. The summed E-state index contributed by atoms with van der Waals surface area (Å²) in [6.07, 6.45) is 1.82. The zero-order chi connectivity index (χ0) is 18.7. The monoisotopic (exact) mass is 409 g/mol. The van der Waals surface area contributed by atoms with Gasteiger partial charge in [0.2, 0.25) is 10.0 Å². The fourth-order valence-corrected chi connectivity index (χ4v) is 4.54. The SMILES string of the molecule is Cc1ccc(N)cc1C(=O)NCc1ccc(S(=O)(=O)N2CCCC2)cc1.Cl. The van der Waals surface area contributed by atoms with Crippen LogP contribution in [0.5, 0.6) is 0 Å². The summed E-state index contributed by atoms with van der Waals surface area (Å²) in [5.74, 6) is -0.205. The Kier molecular flexibility index (Phi) is 6.86. The highest BCUT2D eigenvalue weighted by atomic mass is 35.5. The van der Waals surface area contributed by atoms with E-state index in [1.54, 1.807) is 36.4 Å². The number of nitrogens with one attached hydrogen (secondary N) is 1. The van der Waals surface area contributed by atoms with E-state index in [0.717, 1.165) is 24.0 Å². The van der Waals surface area contributed by atoms with Crippen molar-refractivity contribution < 1.29 is 13.2 Å². The van der Waals surface area contributed by atoms with Gasteiger partial charge in [-0.3, -0.25) is 4.79 Å². The number of aryl methyl sites for hydroxylation is 1. The Balaban J connectivity index is 0.00000261. The number of benzene rings is 2. The molecule has 0 saturated carbocycles. The van der Waals surface area contributed by atoms with E-state index in [9.17, 15) is 13.2 Å². The van der Waals surface area contributed by atoms with Gasteiger partial charge in [-0.1, -0.05) is 18.2 Å². The third-order valence-electron chi connectivity index (χ3n) is 4.59. The minimum absolute atomic E-state index is 0. The minimum Gasteiger partial charge on any atom is -0.399 e. The summed E-state index contributed by atoms with van der Waals surface area (Å²) in [6.45, 7) is 3.34. The molecule has 0 radical (unpaired) electrons. The van der Waals surface area contributed by atoms with Crippen molar-refractivity contribution >= 4 is 34.0 Å². The molecule has 2 aromatic rings. The van der Waals surface area contributed by atoms with Gasteiger partial charge in [-0.2, -0.15) is 4.31 Å². The lowest BCUT2D eigenvalue weighted by atomic mass is 10.1. The van der Waals surface area contributed by atoms with Crippen molar-refractivity contribution in [2.75, 3.05) is 18.8 Å². The summed E-state index contributed by atoms with van der Waals surface area (Å²) < 4.78 is 26.5. The molecule has 6 nitrogen and oxygen atoms in total. The average molecular weight is 410 g/mol. The standard InChI is InChI=1S/C19H23N3O3S.ClH/c1-14-4-7-16(20)12-18(14)19(23)21-13-15-5-8-17(9-6-15)26(24,25)22-10-2-3-11-22;/h4-9,12H,2-3,10-11,13,20H2,1H3,(H,21,23);1H. The molecule has 3 N–H and O–H groups in total. The first-order valence-electron chi connectivity index (χ1n) is 8.61. The van der Waals surface area contributed by atoms with Crippen LogP contribution < -0.4 is 11.1 Å². The highest BCUT2D eigenvalue weighted by Crippen LogP contribution is 2.21. The molecule has 0 unspecified atom stereocenters. The second-order valence-corrected chi connectivity index (χ2v) is 8.45. The van der Waals surface area contributed by atoms with Crippen LogP contribution in [0.4, 0.5) is 5.69 Å². The lowest BCUT2D eigenvalue weighted by Gasteiger charge is -2.15. The summed E-state index contributed by atoms with van der Waals surface area (Å²) in [6, 6.07) is 11.9. The number of sulfonamides is 1. The molecule has 1 heterocycles. The Hall–Kier alpha value is -2.09. The number of anilines is 1. The van der Waals surface area contributed by atoms with Gasteiger partial charge in [-0.15, -0.1) is 12.4 Å². The number of nitrogen functional groups attached to an aromatic ring is 1. The van der Waals surface area contributed by atoms with Crippen LogP contribution in [-0.4, -0.2) is 31.7 Å². The highest BCUT2D eigenvalue weighted by Gasteiger charge is 2.26. The predicted octanol–water partition coefficient (Wildman–Crippen LogP) is 2.71. The van der Waals surface area contributed by atoms with Gasteiger partial charge in [0.05, 0.1) is 4.90 Å². The Morgan fingerprint density at radius 3 is 2.37 bits per heavy atom. The van der Waals surface area contributed by atoms with Crippen molar-refractivity contribution in [3.63, 3.8) is 0 Å². The number of nitrogens with zero attached hydrogens (tertiary/aromatic N) is 1. The topological polar surface area (TPSA) is 92.5 Å². The first kappa shape index (κ1) is 21.2. The molecule has 1 aliphatic rings. The molecule has 146 valence electrons. The summed E-state index contributed by atoms with van der Waals surface area (Å²) in [4.78, 5) is 12.6. The minimum atomic E-state index is -3.41. The Bertz CT molecular complexity index is 908. The second kappa shape index (κ2) is 8.73. The van der Waals surface area contributed by atoms with E-state index in [1.165, 1.54) is 4.31 Å². The lowest BCUT2D eigenvalue weighted by molar-refractivity contribution is 0.0950. The van der Waals surface area contributed by atoms with Crippen molar-refractivity contribution in [2.24, 2.45) is 0 Å². The zero-order valence-corrected chi connectivity index (χ0v) is 16.8. The van der Waals surface area contributed by atoms with Gasteiger partial charge < -0.3 is 11.1 Å². The number of halogens is 1. The van der Waals surface area contributed by atoms with Gasteiger partial charge in [0.1, 0.15) is 0 Å². The molecule has 0 bridgehead atoms. The first-order valence-corrected chi connectivity index (χ1v) is 10.1. The largest absolute Gasteiger partial charge is 0.399 e. The quantitative estimate of drug-likeness (QED) is 0.742. The van der Waals surface area contributed by atoms with E-state index < -0.39 is 10.0 Å². The van der Waals surface area contributed by atoms with Crippen LogP contribution in [0.15, 0.2) is 47.4 Å². The fourth-order valence-electron chi connectivity index (χ4n) is 3.02. The number of carbonyl (C=O) groups excluding carboxylic acids is 1. The molecule has 1 fully saturated rings. The van der Waals surface area contributed by atoms with E-state index in [1.807, 2.05) is 13.0 Å². The van der Waals surface area contributed by atoms with Crippen molar-refractivity contribution in [1.29, 1.82) is 0 Å². The van der Waals surface area contributed by atoms with E-state index in [4.69, 9.17) is 5.73 Å². The van der Waals surface area contributed by atoms with Gasteiger partial charge in [0.25, 0.3) is 5.91 Å². The normalized spacial score (nSPS) is 14.6. The van der Waals surface area contributed by atoms with Crippen molar-refractivity contribution in [1.82, 2.24) is 9.62 Å². The predicted molar refractivity (Wildman–Crippen MR) is 108 cm³/mol. The second-order valence-electron chi connectivity index (χ2n) is 6.51. The molecule has 27 heavy (non-hydrogen) atoms. The maximum atomic E-state index is 12.5. The maximum absolute atomic E-state index is 12.5. The van der Waals surface area contributed by atoms with E-state index >= 15 is 0 Å². The van der Waals surface area contributed by atoms with Gasteiger partial charge in [0.15, 0.2) is 0 Å². The van der Waals surface area contributed by atoms with Crippen molar-refractivity contribution in [3.05, 3.63) is 59.2 Å². The smallest absolute Gasteiger partial charge is 0.251 e. The van der Waals surface area contributed by atoms with Crippen LogP contribution in [0.1, 0.15) is 34.3 Å². The molecule has 0 spiro atoms. The maximum Gasteiger partial charge on any atom is 0.251 e. The lowest BCUT2D eigenvalue weighted by Crippen LogP contribution is -2.28. The van der Waals surface area contributed by atoms with Crippen LogP contribution >= 0.6 is 12.4 Å². The van der Waals surface area contributed by atoms with Gasteiger partial charge >= 0.3 is 0 Å². The molecular weight excluding hydrogens is 386 g/mol. The number of hydrogen-bond acceptors (Lipinski definition) is 4. The van der Waals surface area contributed by atoms with Crippen LogP contribution in [0.25, 0.3) is 0 Å². The van der Waals surface area contributed by atoms with Crippen LogP contribution in [0, 0.1) is 6.92 Å². The summed E-state index contributed by atoms with van der Waals surface area (Å²) in [7, 11) is -3.41. The fraction of sp³-hybridized carbons (Fsp3) is 0.316. The van der Waals surface area contributed by atoms with Crippen molar-refractivity contribution in [3.8, 4) is 0 Å². The molecule has 0 aromatic heterocycles. The van der Waals surface area contributed by atoms with E-state index in [2.05, 4.69) is 5.32 Å². The molecule has 1 amide bonds. The van der Waals surface area contributed by atoms with Crippen LogP contribution in [-0.2, 0) is 16.6 Å². The van der Waals surface area contributed by atoms with Gasteiger partial charge in [-0.05, 0) is 55.2 Å². The Morgan fingerprint density at radius 2 is 1.74 bits per heavy atom. The number of hydrogen-bond donors (Lipinski definition) is 2. The molecule has 2 aromatic carbocycles. The van der Waals surface area contributed by atoms with E-state index in [-0.39, 0.29) is 18.3 Å². The Morgan fingerprint density at radius 1 is 1.11 bits per heavy atom. The first-order chi connectivity index (χ1) is 12.4. The third-order valence-corrected chi connectivity index (χ3v) is 6.50. The van der Waals surface area contributed by atoms with Gasteiger partial charge in [0, 0.05) is 30.9 Å². The zero-order valence-electron chi connectivity index (χ0n) is 15.1. The van der Waals surface area contributed by atoms with Crippen LogP contribution in [0.3, 0.4) is 0 Å². The summed E-state index contributed by atoms with van der Waals surface area (Å²) >= 11 is 0. The third kappa shape index (κ3) is 4.80. The number of carbonyl (C=O) groups is 1. The molecular formula is C19H24ClN3O3S. The molecule has 3 rings (SSSR count).